The fourth-order valence-electron chi connectivity index (χ4n) is 0.636. The summed E-state index contributed by atoms with van der Waals surface area (Å²) >= 11 is 0. The summed E-state index contributed by atoms with van der Waals surface area (Å²) in [5.74, 6) is -0.414. The molecule has 0 heterocycles. The fraction of sp³-hybridized carbons (Fsp3) is 0.800. The molecule has 50 valence electrons. The third-order valence-electron chi connectivity index (χ3n) is 1.04. The van der Waals surface area contributed by atoms with Crippen LogP contribution in [0.25, 0.3) is 0 Å². The van der Waals surface area contributed by atoms with Crippen LogP contribution in [0, 0.1) is 0 Å². The van der Waals surface area contributed by atoms with Crippen molar-refractivity contribution in [3.8, 4) is 0 Å². The first-order chi connectivity index (χ1) is 4.09. The monoisotopic (exact) mass is 126 g/mol. The number of carbonyl (C=O) groups is 1. The maximum atomic E-state index is 10.5. The Balaban J connectivity index is 3.83. The molecule has 4 heteroatoms. The van der Waals surface area contributed by atoms with Gasteiger partial charge in [-0.05, 0) is 6.92 Å². The van der Waals surface area contributed by atoms with Gasteiger partial charge in [-0.25, -0.2) is 5.01 Å². The number of hydrogen-bond donors (Lipinski definition) is 0. The molecule has 0 rings (SSSR count). The topological polar surface area (TPSA) is 23.6 Å². The molecule has 0 saturated carbocycles. The molecule has 0 N–H and O–H groups in total. The summed E-state index contributed by atoms with van der Waals surface area (Å²) < 4.78 is 0. The molecule has 0 aliphatic heterocycles. The number of rotatable bonds is 2. The van der Waals surface area contributed by atoms with E-state index in [1.54, 1.807) is 19.1 Å². The third kappa shape index (κ3) is 2.51. The van der Waals surface area contributed by atoms with Crippen LogP contribution >= 0.6 is 0 Å². The van der Waals surface area contributed by atoms with Crippen molar-refractivity contribution < 1.29 is 4.79 Å². The summed E-state index contributed by atoms with van der Waals surface area (Å²) in [5, 5.41) is 3.09. The van der Waals surface area contributed by atoms with Crippen molar-refractivity contribution in [2.45, 2.75) is 6.92 Å². The average Bonchev–Trinajstić information content (AvgIpc) is 1.64. The molecule has 0 aromatic carbocycles. The van der Waals surface area contributed by atoms with Gasteiger partial charge in [0.05, 0.1) is 0 Å². The van der Waals surface area contributed by atoms with Gasteiger partial charge in [-0.15, -0.1) is 0 Å². The number of amides is 1. The van der Waals surface area contributed by atoms with Crippen LogP contribution in [0.1, 0.15) is 6.92 Å². The van der Waals surface area contributed by atoms with Gasteiger partial charge in [0.1, 0.15) is 0 Å². The van der Waals surface area contributed by atoms with Gasteiger partial charge in [0.2, 0.25) is 7.85 Å². The molecule has 1 amide bonds. The van der Waals surface area contributed by atoms with Crippen molar-refractivity contribution in [1.29, 1.82) is 0 Å². The van der Waals surface area contributed by atoms with Crippen LogP contribution in [-0.2, 0) is 0 Å². The maximum Gasteiger partial charge on any atom is 0.202 e. The lowest BCUT2D eigenvalue weighted by Crippen LogP contribution is -2.40. The second-order valence-electron chi connectivity index (χ2n) is 1.90. The van der Waals surface area contributed by atoms with E-state index in [0.29, 0.717) is 6.54 Å². The van der Waals surface area contributed by atoms with Crippen LogP contribution < -0.4 is 0 Å². The lowest BCUT2D eigenvalue weighted by Gasteiger charge is -2.26. The smallest absolute Gasteiger partial charge is 0.202 e. The summed E-state index contributed by atoms with van der Waals surface area (Å²) in [7, 11) is 8.54. The average molecular weight is 126 g/mol. The second kappa shape index (κ2) is 3.51. The van der Waals surface area contributed by atoms with E-state index in [-0.39, 0.29) is 0 Å². The first-order valence-corrected chi connectivity index (χ1v) is 2.83. The number of nitrogens with zero attached hydrogens (tertiary/aromatic N) is 2. The second-order valence-corrected chi connectivity index (χ2v) is 1.90. The number of hydrazine groups is 1. The van der Waals surface area contributed by atoms with Crippen LogP contribution in [0.2, 0.25) is 0 Å². The molecule has 0 unspecified atom stereocenters. The molecule has 0 aromatic heterocycles. The van der Waals surface area contributed by atoms with Gasteiger partial charge < -0.3 is 0 Å². The van der Waals surface area contributed by atoms with Gasteiger partial charge >= 0.3 is 0 Å². The van der Waals surface area contributed by atoms with Crippen LogP contribution in [-0.4, -0.2) is 44.3 Å². The van der Waals surface area contributed by atoms with Crippen molar-refractivity contribution in [1.82, 2.24) is 10.0 Å². The molecule has 0 saturated heterocycles. The van der Waals surface area contributed by atoms with Gasteiger partial charge in [0, 0.05) is 20.6 Å². The summed E-state index contributed by atoms with van der Waals surface area (Å²) in [6.45, 7) is 2.48. The van der Waals surface area contributed by atoms with Crippen LogP contribution in [0.5, 0.6) is 0 Å². The molecule has 0 fully saturated rings. The summed E-state index contributed by atoms with van der Waals surface area (Å²) in [4.78, 5) is 10.5. The highest BCUT2D eigenvalue weighted by Gasteiger charge is 2.05. The van der Waals surface area contributed by atoms with E-state index in [0.717, 1.165) is 0 Å². The van der Waals surface area contributed by atoms with E-state index < -0.39 is 5.81 Å². The fourth-order valence-corrected chi connectivity index (χ4v) is 0.636. The van der Waals surface area contributed by atoms with E-state index in [2.05, 4.69) is 0 Å². The highest BCUT2D eigenvalue weighted by Crippen LogP contribution is 1.89. The Morgan fingerprint density at radius 1 is 1.56 bits per heavy atom. The summed E-state index contributed by atoms with van der Waals surface area (Å²) in [6.07, 6.45) is 0. The third-order valence-corrected chi connectivity index (χ3v) is 1.04. The Morgan fingerprint density at radius 3 is 2.00 bits per heavy atom. The minimum Gasteiger partial charge on any atom is -0.288 e. The zero-order valence-electron chi connectivity index (χ0n) is 6.09. The van der Waals surface area contributed by atoms with Gasteiger partial charge in [0.25, 0.3) is 0 Å². The maximum absolute atomic E-state index is 10.5. The predicted octanol–water partition coefficient (Wildman–Crippen LogP) is 0.0734. The van der Waals surface area contributed by atoms with Crippen molar-refractivity contribution in [2.24, 2.45) is 0 Å². The summed E-state index contributed by atoms with van der Waals surface area (Å²) in [5.41, 5.74) is 0. The lowest BCUT2D eigenvalue weighted by molar-refractivity contribution is 0.0837. The molecular formula is C5H11BN2O. The molecule has 0 aliphatic carbocycles. The highest BCUT2D eigenvalue weighted by molar-refractivity contribution is 6.56. The number of hydrogen-bond acceptors (Lipinski definition) is 2. The molecule has 0 aliphatic rings. The summed E-state index contributed by atoms with van der Waals surface area (Å²) in [6, 6.07) is 0. The zero-order chi connectivity index (χ0) is 7.44. The SMILES string of the molecule is [B]C(=O)N(CC)N(C)C. The Labute approximate surface area is 57.0 Å². The molecular weight excluding hydrogens is 115 g/mol. The van der Waals surface area contributed by atoms with Gasteiger partial charge in [-0.2, -0.15) is 0 Å². The van der Waals surface area contributed by atoms with E-state index in [4.69, 9.17) is 7.85 Å². The highest BCUT2D eigenvalue weighted by atomic mass is 16.2. The van der Waals surface area contributed by atoms with Gasteiger partial charge in [0.15, 0.2) is 5.81 Å². The Bertz CT molecular complexity index is 105. The minimum atomic E-state index is -0.414. The van der Waals surface area contributed by atoms with E-state index in [9.17, 15) is 4.79 Å². The van der Waals surface area contributed by atoms with E-state index in [1.165, 1.54) is 5.01 Å². The molecule has 9 heavy (non-hydrogen) atoms. The van der Waals surface area contributed by atoms with E-state index >= 15 is 0 Å². The Kier molecular flexibility index (Phi) is 3.31. The van der Waals surface area contributed by atoms with Crippen molar-refractivity contribution in [2.75, 3.05) is 20.6 Å². The van der Waals surface area contributed by atoms with Crippen LogP contribution in [0.15, 0.2) is 0 Å². The van der Waals surface area contributed by atoms with Crippen molar-refractivity contribution in [3.63, 3.8) is 0 Å². The first kappa shape index (κ1) is 8.49. The number of carbonyl (C=O) groups excluding carboxylic acids is 1. The van der Waals surface area contributed by atoms with Crippen LogP contribution in [0.4, 0.5) is 4.79 Å². The standard InChI is InChI=1S/C5H11BN2O/c1-4-8(5(6)9)7(2)3/h4H2,1-3H3. The van der Waals surface area contributed by atoms with Crippen molar-refractivity contribution in [3.05, 3.63) is 0 Å². The largest absolute Gasteiger partial charge is 0.288 e. The Morgan fingerprint density at radius 2 is 2.00 bits per heavy atom. The van der Waals surface area contributed by atoms with Crippen LogP contribution in [0.3, 0.4) is 0 Å². The molecule has 0 spiro atoms. The Hall–Kier alpha value is -0.505. The molecule has 0 aromatic rings. The van der Waals surface area contributed by atoms with Gasteiger partial charge in [-0.3, -0.25) is 9.80 Å². The molecule has 3 nitrogen and oxygen atoms in total. The molecule has 0 bridgehead atoms. The first-order valence-electron chi connectivity index (χ1n) is 2.83. The molecule has 0 atom stereocenters. The predicted molar refractivity (Wildman–Crippen MR) is 37.2 cm³/mol. The van der Waals surface area contributed by atoms with E-state index in [1.807, 2.05) is 6.92 Å². The minimum absolute atomic E-state index is 0.414. The normalized spacial score (nSPS) is 9.78. The quantitative estimate of drug-likeness (QED) is 0.386. The van der Waals surface area contributed by atoms with Gasteiger partial charge in [-0.1, -0.05) is 0 Å². The molecule has 2 radical (unpaired) electrons. The lowest BCUT2D eigenvalue weighted by atomic mass is 10.1. The van der Waals surface area contributed by atoms with Crippen molar-refractivity contribution >= 4 is 13.7 Å². The zero-order valence-corrected chi connectivity index (χ0v) is 6.09.